The predicted molar refractivity (Wildman–Crippen MR) is 123 cm³/mol. The average molecular weight is 459 g/mol. The first-order valence-corrected chi connectivity index (χ1v) is 12.1. The van der Waals surface area contributed by atoms with Gasteiger partial charge in [0.15, 0.2) is 0 Å². The topological polar surface area (TPSA) is 66.5 Å². The van der Waals surface area contributed by atoms with Crippen LogP contribution in [0.1, 0.15) is 16.5 Å². The van der Waals surface area contributed by atoms with Crippen molar-refractivity contribution in [3.63, 3.8) is 0 Å². The fourth-order valence-corrected chi connectivity index (χ4v) is 5.58. The van der Waals surface area contributed by atoms with E-state index in [0.29, 0.717) is 16.5 Å². The lowest BCUT2D eigenvalue weighted by Gasteiger charge is -2.25. The molecule has 1 aliphatic rings. The smallest absolute Gasteiger partial charge is 0.261 e. The van der Waals surface area contributed by atoms with E-state index in [1.54, 1.807) is 23.1 Å². The number of carbonyl (C=O) groups excluding carboxylic acids is 1. The molecule has 0 unspecified atom stereocenters. The standard InChI is InChI=1S/C22H19ClN2O3S2/c1-15-5-9-19(10-6-15)25-21(26)14-29-22(25)16-3-2-4-18(13-16)24-30(27,28)20-11-7-17(23)8-12-20/h2-13,22,24H,14H2,1H3/t22-/m1/s1. The number of hydrogen-bond acceptors (Lipinski definition) is 4. The summed E-state index contributed by atoms with van der Waals surface area (Å²) in [6.45, 7) is 2.00. The molecule has 1 N–H and O–H groups in total. The Morgan fingerprint density at radius 1 is 1.03 bits per heavy atom. The Morgan fingerprint density at radius 3 is 2.43 bits per heavy atom. The molecule has 1 saturated heterocycles. The van der Waals surface area contributed by atoms with Gasteiger partial charge in [0.1, 0.15) is 5.37 Å². The Balaban J connectivity index is 1.62. The van der Waals surface area contributed by atoms with Crippen molar-refractivity contribution in [2.75, 3.05) is 15.4 Å². The minimum absolute atomic E-state index is 0.0287. The second-order valence-corrected chi connectivity index (χ2v) is 10.1. The van der Waals surface area contributed by atoms with E-state index in [4.69, 9.17) is 11.6 Å². The zero-order valence-corrected chi connectivity index (χ0v) is 18.5. The van der Waals surface area contributed by atoms with E-state index in [-0.39, 0.29) is 16.2 Å². The summed E-state index contributed by atoms with van der Waals surface area (Å²) in [6, 6.07) is 20.9. The maximum absolute atomic E-state index is 12.7. The monoisotopic (exact) mass is 458 g/mol. The average Bonchev–Trinajstić information content (AvgIpc) is 3.10. The summed E-state index contributed by atoms with van der Waals surface area (Å²) < 4.78 is 28.0. The lowest BCUT2D eigenvalue weighted by Crippen LogP contribution is -2.27. The number of amides is 1. The van der Waals surface area contributed by atoms with E-state index < -0.39 is 10.0 Å². The lowest BCUT2D eigenvalue weighted by atomic mass is 10.1. The molecule has 1 fully saturated rings. The molecule has 0 aromatic heterocycles. The molecule has 0 spiro atoms. The first-order valence-electron chi connectivity index (χ1n) is 9.22. The van der Waals surface area contributed by atoms with Crippen molar-refractivity contribution in [3.05, 3.63) is 88.9 Å². The largest absolute Gasteiger partial charge is 0.295 e. The number of nitrogens with zero attached hydrogens (tertiary/aromatic N) is 1. The fraction of sp³-hybridized carbons (Fsp3) is 0.136. The van der Waals surface area contributed by atoms with Gasteiger partial charge in [0.2, 0.25) is 5.91 Å². The molecule has 1 amide bonds. The zero-order valence-electron chi connectivity index (χ0n) is 16.1. The highest BCUT2D eigenvalue weighted by Crippen LogP contribution is 2.42. The third kappa shape index (κ3) is 4.33. The Labute approximate surface area is 185 Å². The van der Waals surface area contributed by atoms with Gasteiger partial charge in [0.25, 0.3) is 10.0 Å². The van der Waals surface area contributed by atoms with Crippen molar-refractivity contribution in [3.8, 4) is 0 Å². The number of rotatable bonds is 5. The van der Waals surface area contributed by atoms with E-state index in [9.17, 15) is 13.2 Å². The van der Waals surface area contributed by atoms with Gasteiger partial charge in [-0.15, -0.1) is 11.8 Å². The second-order valence-electron chi connectivity index (χ2n) is 6.95. The summed E-state index contributed by atoms with van der Waals surface area (Å²) in [7, 11) is -3.75. The SMILES string of the molecule is Cc1ccc(N2C(=O)CS[C@@H]2c2cccc(NS(=O)(=O)c3ccc(Cl)cc3)c2)cc1. The molecule has 154 valence electrons. The van der Waals surface area contributed by atoms with Crippen LogP contribution in [0, 0.1) is 6.92 Å². The molecule has 3 aromatic carbocycles. The van der Waals surface area contributed by atoms with Crippen molar-refractivity contribution in [1.82, 2.24) is 0 Å². The van der Waals surface area contributed by atoms with E-state index >= 15 is 0 Å². The zero-order chi connectivity index (χ0) is 21.3. The predicted octanol–water partition coefficient (Wildman–Crippen LogP) is 5.23. The number of carbonyl (C=O) groups is 1. The van der Waals surface area contributed by atoms with Crippen LogP contribution in [0.5, 0.6) is 0 Å². The van der Waals surface area contributed by atoms with Crippen LogP contribution in [-0.2, 0) is 14.8 Å². The third-order valence-corrected chi connectivity index (χ3v) is 7.59. The minimum atomic E-state index is -3.75. The molecule has 0 radical (unpaired) electrons. The molecule has 0 bridgehead atoms. The molecule has 3 aromatic rings. The van der Waals surface area contributed by atoms with Crippen molar-refractivity contribution in [2.24, 2.45) is 0 Å². The van der Waals surface area contributed by atoms with E-state index in [2.05, 4.69) is 4.72 Å². The number of halogens is 1. The number of sulfonamides is 1. The van der Waals surface area contributed by atoms with E-state index in [1.807, 2.05) is 37.3 Å². The van der Waals surface area contributed by atoms with Crippen LogP contribution in [0.4, 0.5) is 11.4 Å². The number of aryl methyl sites for hydroxylation is 1. The van der Waals surface area contributed by atoms with Crippen LogP contribution < -0.4 is 9.62 Å². The molecular weight excluding hydrogens is 440 g/mol. The summed E-state index contributed by atoms with van der Waals surface area (Å²) in [6.07, 6.45) is 0. The molecule has 5 nitrogen and oxygen atoms in total. The Hall–Kier alpha value is -2.48. The second kappa shape index (κ2) is 8.34. The van der Waals surface area contributed by atoms with Gasteiger partial charge in [-0.2, -0.15) is 0 Å². The maximum atomic E-state index is 12.7. The molecule has 1 aliphatic heterocycles. The third-order valence-electron chi connectivity index (χ3n) is 4.73. The summed E-state index contributed by atoms with van der Waals surface area (Å²) in [5.74, 6) is 0.403. The molecular formula is C22H19ClN2O3S2. The molecule has 0 aliphatic carbocycles. The van der Waals surface area contributed by atoms with Gasteiger partial charge < -0.3 is 0 Å². The van der Waals surface area contributed by atoms with Crippen molar-refractivity contribution in [2.45, 2.75) is 17.2 Å². The van der Waals surface area contributed by atoms with Gasteiger partial charge in [0, 0.05) is 16.4 Å². The first kappa shape index (κ1) is 20.8. The normalized spacial score (nSPS) is 16.7. The number of anilines is 2. The molecule has 30 heavy (non-hydrogen) atoms. The van der Waals surface area contributed by atoms with Crippen molar-refractivity contribution >= 4 is 50.7 Å². The summed E-state index contributed by atoms with van der Waals surface area (Å²) in [4.78, 5) is 14.4. The Kier molecular flexibility index (Phi) is 5.77. The molecule has 0 saturated carbocycles. The van der Waals surface area contributed by atoms with Crippen LogP contribution in [-0.4, -0.2) is 20.1 Å². The van der Waals surface area contributed by atoms with E-state index in [1.165, 1.54) is 36.0 Å². The van der Waals surface area contributed by atoms with E-state index in [0.717, 1.165) is 16.8 Å². The summed E-state index contributed by atoms with van der Waals surface area (Å²) >= 11 is 7.37. The molecule has 8 heteroatoms. The quantitative estimate of drug-likeness (QED) is 0.568. The number of nitrogens with one attached hydrogen (secondary N) is 1. The van der Waals surface area contributed by atoms with Gasteiger partial charge in [0.05, 0.1) is 10.6 Å². The van der Waals surface area contributed by atoms with Gasteiger partial charge in [-0.25, -0.2) is 8.42 Å². The van der Waals surface area contributed by atoms with Crippen molar-refractivity contribution in [1.29, 1.82) is 0 Å². The van der Waals surface area contributed by atoms with Gasteiger partial charge in [-0.3, -0.25) is 14.4 Å². The van der Waals surface area contributed by atoms with Gasteiger partial charge in [-0.05, 0) is 61.0 Å². The van der Waals surface area contributed by atoms with Crippen molar-refractivity contribution < 1.29 is 13.2 Å². The highest BCUT2D eigenvalue weighted by atomic mass is 35.5. The number of benzene rings is 3. The van der Waals surface area contributed by atoms with Crippen LogP contribution in [0.3, 0.4) is 0 Å². The fourth-order valence-electron chi connectivity index (χ4n) is 3.24. The molecule has 1 heterocycles. The van der Waals surface area contributed by atoms with Gasteiger partial charge >= 0.3 is 0 Å². The summed E-state index contributed by atoms with van der Waals surface area (Å²) in [5.41, 5.74) is 3.23. The minimum Gasteiger partial charge on any atom is -0.295 e. The highest BCUT2D eigenvalue weighted by molar-refractivity contribution is 8.00. The number of thioether (sulfide) groups is 1. The lowest BCUT2D eigenvalue weighted by molar-refractivity contribution is -0.115. The van der Waals surface area contributed by atoms with Gasteiger partial charge in [-0.1, -0.05) is 41.4 Å². The highest BCUT2D eigenvalue weighted by Gasteiger charge is 2.34. The first-order chi connectivity index (χ1) is 14.3. The Morgan fingerprint density at radius 2 is 1.73 bits per heavy atom. The van der Waals surface area contributed by atoms with Crippen LogP contribution in [0.25, 0.3) is 0 Å². The van der Waals surface area contributed by atoms with Crippen LogP contribution >= 0.6 is 23.4 Å². The van der Waals surface area contributed by atoms with Crippen LogP contribution in [0.2, 0.25) is 5.02 Å². The Bertz CT molecular complexity index is 1180. The number of hydrogen-bond donors (Lipinski definition) is 1. The molecule has 4 rings (SSSR count). The maximum Gasteiger partial charge on any atom is 0.261 e. The molecule has 1 atom stereocenters. The van der Waals surface area contributed by atoms with Crippen LogP contribution in [0.15, 0.2) is 77.7 Å². The summed E-state index contributed by atoms with van der Waals surface area (Å²) in [5, 5.41) is 0.246.